The van der Waals surface area contributed by atoms with Gasteiger partial charge in [-0.3, -0.25) is 0 Å². The number of methoxy groups -OCH3 is 1. The summed E-state index contributed by atoms with van der Waals surface area (Å²) in [6.07, 6.45) is 4.88. The molecule has 2 rings (SSSR count). The lowest BCUT2D eigenvalue weighted by Gasteiger charge is -2.32. The molecule has 0 spiro atoms. The number of hydrogen-bond donors (Lipinski definition) is 1. The summed E-state index contributed by atoms with van der Waals surface area (Å²) < 4.78 is 5.58. The minimum Gasteiger partial charge on any atom is -0.379 e. The van der Waals surface area contributed by atoms with E-state index in [0.717, 1.165) is 13.0 Å². The number of hydrogen-bond acceptors (Lipinski definition) is 2. The zero-order valence-corrected chi connectivity index (χ0v) is 13.4. The molecule has 1 unspecified atom stereocenters. The molecule has 0 radical (unpaired) electrons. The van der Waals surface area contributed by atoms with Crippen LogP contribution < -0.4 is 5.32 Å². The van der Waals surface area contributed by atoms with E-state index in [-0.39, 0.29) is 5.60 Å². The SMILES string of the molecule is CCNC(CCC(C)(C)OC)C1(c2ccccc2)CC1. The van der Waals surface area contributed by atoms with Gasteiger partial charge < -0.3 is 10.1 Å². The molecule has 0 amide bonds. The van der Waals surface area contributed by atoms with Gasteiger partial charge in [0.15, 0.2) is 0 Å². The van der Waals surface area contributed by atoms with E-state index < -0.39 is 0 Å². The third-order valence-electron chi connectivity index (χ3n) is 4.84. The van der Waals surface area contributed by atoms with Crippen molar-refractivity contribution in [3.63, 3.8) is 0 Å². The van der Waals surface area contributed by atoms with Crippen LogP contribution in [0, 0.1) is 0 Å². The van der Waals surface area contributed by atoms with Crippen molar-refractivity contribution in [1.82, 2.24) is 5.32 Å². The number of rotatable bonds is 8. The van der Waals surface area contributed by atoms with Gasteiger partial charge in [-0.2, -0.15) is 0 Å². The zero-order chi connectivity index (χ0) is 14.6. The number of nitrogens with one attached hydrogen (secondary N) is 1. The molecular weight excluding hydrogens is 246 g/mol. The van der Waals surface area contributed by atoms with Gasteiger partial charge in [0.2, 0.25) is 0 Å². The average Bonchev–Trinajstić information content (AvgIpc) is 3.26. The fourth-order valence-electron chi connectivity index (χ4n) is 3.16. The van der Waals surface area contributed by atoms with E-state index in [1.807, 2.05) is 7.11 Å². The Labute approximate surface area is 123 Å². The van der Waals surface area contributed by atoms with E-state index in [1.165, 1.54) is 24.8 Å². The minimum absolute atomic E-state index is 0.0273. The molecule has 2 heteroatoms. The van der Waals surface area contributed by atoms with E-state index >= 15 is 0 Å². The first-order valence-corrected chi connectivity index (χ1v) is 7.88. The van der Waals surface area contributed by atoms with Crippen molar-refractivity contribution in [2.75, 3.05) is 13.7 Å². The maximum Gasteiger partial charge on any atom is 0.0623 e. The van der Waals surface area contributed by atoms with Crippen LogP contribution in [0.15, 0.2) is 30.3 Å². The standard InChI is InChI=1S/C18H29NO/c1-5-19-16(11-12-17(2,3)20-4)18(13-14-18)15-9-7-6-8-10-15/h6-10,16,19H,5,11-14H2,1-4H3. The van der Waals surface area contributed by atoms with Crippen LogP contribution in [0.25, 0.3) is 0 Å². The molecule has 0 aliphatic heterocycles. The zero-order valence-electron chi connectivity index (χ0n) is 13.4. The van der Waals surface area contributed by atoms with Crippen molar-refractivity contribution in [2.24, 2.45) is 0 Å². The Morgan fingerprint density at radius 1 is 1.25 bits per heavy atom. The highest BCUT2D eigenvalue weighted by atomic mass is 16.5. The Kier molecular flexibility index (Phi) is 4.87. The third-order valence-corrected chi connectivity index (χ3v) is 4.84. The van der Waals surface area contributed by atoms with Crippen molar-refractivity contribution in [3.8, 4) is 0 Å². The highest BCUT2D eigenvalue weighted by Crippen LogP contribution is 2.52. The molecule has 2 nitrogen and oxygen atoms in total. The number of likely N-dealkylation sites (N-methyl/N-ethyl adjacent to an activating group) is 1. The summed E-state index contributed by atoms with van der Waals surface area (Å²) in [4.78, 5) is 0. The summed E-state index contributed by atoms with van der Waals surface area (Å²) >= 11 is 0. The van der Waals surface area contributed by atoms with Crippen molar-refractivity contribution in [3.05, 3.63) is 35.9 Å². The molecule has 1 atom stereocenters. The summed E-state index contributed by atoms with van der Waals surface area (Å²) in [5, 5.41) is 3.72. The Bertz CT molecular complexity index is 409. The maximum atomic E-state index is 5.58. The molecular formula is C18H29NO. The number of benzene rings is 1. The minimum atomic E-state index is -0.0273. The summed E-state index contributed by atoms with van der Waals surface area (Å²) in [6.45, 7) is 7.60. The molecule has 0 bridgehead atoms. The smallest absolute Gasteiger partial charge is 0.0623 e. The van der Waals surface area contributed by atoms with Crippen LogP contribution in [0.3, 0.4) is 0 Å². The van der Waals surface area contributed by atoms with Gasteiger partial charge in [0.1, 0.15) is 0 Å². The molecule has 1 aromatic rings. The first kappa shape index (κ1) is 15.5. The molecule has 1 aliphatic rings. The quantitative estimate of drug-likeness (QED) is 0.777. The van der Waals surface area contributed by atoms with Gasteiger partial charge in [0, 0.05) is 18.6 Å². The maximum absolute atomic E-state index is 5.58. The average molecular weight is 275 g/mol. The van der Waals surface area contributed by atoms with Gasteiger partial charge in [0.25, 0.3) is 0 Å². The Morgan fingerprint density at radius 3 is 2.40 bits per heavy atom. The third kappa shape index (κ3) is 3.42. The van der Waals surface area contributed by atoms with Gasteiger partial charge in [-0.05, 0) is 51.6 Å². The van der Waals surface area contributed by atoms with Crippen LogP contribution in [0.2, 0.25) is 0 Å². The van der Waals surface area contributed by atoms with E-state index in [2.05, 4.69) is 56.4 Å². The summed E-state index contributed by atoms with van der Waals surface area (Å²) in [5.74, 6) is 0. The molecule has 1 aromatic carbocycles. The van der Waals surface area contributed by atoms with E-state index in [4.69, 9.17) is 4.74 Å². The van der Waals surface area contributed by atoms with Gasteiger partial charge in [-0.15, -0.1) is 0 Å². The Hall–Kier alpha value is -0.860. The molecule has 1 saturated carbocycles. The topological polar surface area (TPSA) is 21.3 Å². The Morgan fingerprint density at radius 2 is 1.90 bits per heavy atom. The lowest BCUT2D eigenvalue weighted by atomic mass is 9.83. The molecule has 0 saturated heterocycles. The molecule has 1 fully saturated rings. The van der Waals surface area contributed by atoms with Crippen LogP contribution in [-0.2, 0) is 10.2 Å². The predicted octanol–water partition coefficient (Wildman–Crippen LogP) is 3.90. The van der Waals surface area contributed by atoms with Gasteiger partial charge in [0.05, 0.1) is 5.60 Å². The molecule has 20 heavy (non-hydrogen) atoms. The fourth-order valence-corrected chi connectivity index (χ4v) is 3.16. The van der Waals surface area contributed by atoms with Gasteiger partial charge >= 0.3 is 0 Å². The fraction of sp³-hybridized carbons (Fsp3) is 0.667. The second-order valence-electron chi connectivity index (χ2n) is 6.63. The second kappa shape index (κ2) is 6.28. The molecule has 0 aromatic heterocycles. The van der Waals surface area contributed by atoms with Crippen LogP contribution in [0.5, 0.6) is 0 Å². The first-order chi connectivity index (χ1) is 9.54. The monoisotopic (exact) mass is 275 g/mol. The molecule has 1 aliphatic carbocycles. The largest absolute Gasteiger partial charge is 0.379 e. The van der Waals surface area contributed by atoms with E-state index in [1.54, 1.807) is 0 Å². The lowest BCUT2D eigenvalue weighted by Crippen LogP contribution is -2.41. The molecule has 0 heterocycles. The first-order valence-electron chi connectivity index (χ1n) is 7.88. The van der Waals surface area contributed by atoms with Crippen molar-refractivity contribution < 1.29 is 4.74 Å². The van der Waals surface area contributed by atoms with Crippen LogP contribution in [-0.4, -0.2) is 25.3 Å². The molecule has 112 valence electrons. The highest BCUT2D eigenvalue weighted by Gasteiger charge is 2.50. The van der Waals surface area contributed by atoms with Crippen molar-refractivity contribution in [2.45, 2.75) is 63.5 Å². The van der Waals surface area contributed by atoms with Crippen molar-refractivity contribution >= 4 is 0 Å². The van der Waals surface area contributed by atoms with Crippen LogP contribution >= 0.6 is 0 Å². The normalized spacial score (nSPS) is 18.8. The Balaban J connectivity index is 2.09. The van der Waals surface area contributed by atoms with Crippen LogP contribution in [0.1, 0.15) is 52.0 Å². The van der Waals surface area contributed by atoms with Gasteiger partial charge in [-0.1, -0.05) is 37.3 Å². The second-order valence-corrected chi connectivity index (χ2v) is 6.63. The van der Waals surface area contributed by atoms with E-state index in [0.29, 0.717) is 11.5 Å². The summed E-state index contributed by atoms with van der Waals surface area (Å²) in [6, 6.07) is 11.6. The van der Waals surface area contributed by atoms with Crippen molar-refractivity contribution in [1.29, 1.82) is 0 Å². The van der Waals surface area contributed by atoms with Gasteiger partial charge in [-0.25, -0.2) is 0 Å². The van der Waals surface area contributed by atoms with E-state index in [9.17, 15) is 0 Å². The summed E-state index contributed by atoms with van der Waals surface area (Å²) in [7, 11) is 1.81. The summed E-state index contributed by atoms with van der Waals surface area (Å²) in [5.41, 5.74) is 1.84. The number of ether oxygens (including phenoxy) is 1. The highest BCUT2D eigenvalue weighted by molar-refractivity contribution is 5.33. The predicted molar refractivity (Wildman–Crippen MR) is 85.1 cm³/mol. The molecule has 1 N–H and O–H groups in total. The lowest BCUT2D eigenvalue weighted by molar-refractivity contribution is 0.0108. The van der Waals surface area contributed by atoms with Crippen LogP contribution in [0.4, 0.5) is 0 Å².